The number of anilines is 2. The molecule has 1 atom stereocenters. The molecular formula is C34H39N5O3S. The summed E-state index contributed by atoms with van der Waals surface area (Å²) < 4.78 is 13.7. The van der Waals surface area contributed by atoms with Crippen LogP contribution in [0.4, 0.5) is 11.6 Å². The number of hydrogen-bond donors (Lipinski definition) is 2. The molecule has 1 aliphatic heterocycles. The number of carbonyl (C=O) groups is 1. The summed E-state index contributed by atoms with van der Waals surface area (Å²) in [5.74, 6) is 2.47. The van der Waals surface area contributed by atoms with Crippen LogP contribution in [0.3, 0.4) is 0 Å². The second-order valence-corrected chi connectivity index (χ2v) is 12.6. The summed E-state index contributed by atoms with van der Waals surface area (Å²) in [4.78, 5) is 18.8. The number of carbonyl (C=O) groups excluding carboxylic acids is 1. The Morgan fingerprint density at radius 2 is 1.72 bits per heavy atom. The van der Waals surface area contributed by atoms with Gasteiger partial charge in [0.1, 0.15) is 24.1 Å². The molecule has 9 heteroatoms. The van der Waals surface area contributed by atoms with E-state index >= 15 is 0 Å². The average Bonchev–Trinajstić information content (AvgIpc) is 3.40. The van der Waals surface area contributed by atoms with Crippen LogP contribution in [0.25, 0.3) is 0 Å². The zero-order valence-corrected chi connectivity index (χ0v) is 26.4. The minimum Gasteiger partial charge on any atom is -0.495 e. The molecule has 0 radical (unpaired) electrons. The summed E-state index contributed by atoms with van der Waals surface area (Å²) in [5, 5.41) is 11.9. The molecule has 1 unspecified atom stereocenters. The van der Waals surface area contributed by atoms with Crippen LogP contribution >= 0.6 is 11.8 Å². The molecule has 1 amide bonds. The highest BCUT2D eigenvalue weighted by Gasteiger charge is 2.36. The topological polar surface area (TPSA) is 90.3 Å². The van der Waals surface area contributed by atoms with Crippen LogP contribution < -0.4 is 20.1 Å². The van der Waals surface area contributed by atoms with Gasteiger partial charge in [-0.25, -0.2) is 4.68 Å². The first-order valence-corrected chi connectivity index (χ1v) is 15.5. The van der Waals surface area contributed by atoms with Gasteiger partial charge >= 0.3 is 0 Å². The number of thioether (sulfide) groups is 1. The smallest absolute Gasteiger partial charge is 0.255 e. The number of methoxy groups -OCH3 is 1. The molecule has 3 aromatic carbocycles. The predicted octanol–water partition coefficient (Wildman–Crippen LogP) is 7.59. The number of ether oxygens (including phenoxy) is 2. The maximum absolute atomic E-state index is 14.0. The first-order chi connectivity index (χ1) is 20.7. The van der Waals surface area contributed by atoms with Crippen molar-refractivity contribution in [2.75, 3.05) is 23.5 Å². The molecule has 224 valence electrons. The molecule has 1 aliphatic rings. The van der Waals surface area contributed by atoms with E-state index in [-0.39, 0.29) is 11.3 Å². The highest BCUT2D eigenvalue weighted by Crippen LogP contribution is 2.41. The second kappa shape index (κ2) is 13.0. The van der Waals surface area contributed by atoms with Gasteiger partial charge in [0, 0.05) is 17.0 Å². The lowest BCUT2D eigenvalue weighted by molar-refractivity contribution is -0.113. The fraction of sp³-hybridized carbons (Fsp3) is 0.324. The highest BCUT2D eigenvalue weighted by molar-refractivity contribution is 7.99. The number of para-hydroxylation sites is 3. The van der Waals surface area contributed by atoms with Gasteiger partial charge in [0.15, 0.2) is 0 Å². The molecule has 2 N–H and O–H groups in total. The quantitative estimate of drug-likeness (QED) is 0.182. The molecule has 1 aromatic heterocycles. The minimum absolute atomic E-state index is 0.0791. The molecule has 2 heterocycles. The largest absolute Gasteiger partial charge is 0.495 e. The lowest BCUT2D eigenvalue weighted by Crippen LogP contribution is -2.31. The standard InChI is InChI=1S/C34H39N5O3S/c1-7-20-43-33-37-32-35-22(2)29(31(40)36-26-13-9-11-15-28(26)41-6)30(39(32)38-33)25-12-8-10-14-27(25)42-21-23-16-18-24(19-17-23)34(3,4)5/h8-19,30H,7,20-21H2,1-6H3,(H,36,40)(H,35,37,38). The molecule has 5 rings (SSSR count). The first kappa shape index (κ1) is 30.2. The van der Waals surface area contributed by atoms with E-state index in [0.29, 0.717) is 46.2 Å². The molecule has 0 saturated heterocycles. The molecule has 0 aliphatic carbocycles. The summed E-state index contributed by atoms with van der Waals surface area (Å²) in [6.45, 7) is 11.0. The summed E-state index contributed by atoms with van der Waals surface area (Å²) in [5.41, 5.74) is 5.02. The fourth-order valence-electron chi connectivity index (χ4n) is 5.01. The second-order valence-electron chi connectivity index (χ2n) is 11.5. The van der Waals surface area contributed by atoms with Crippen LogP contribution in [0.1, 0.15) is 63.8 Å². The Bertz CT molecular complexity index is 1620. The van der Waals surface area contributed by atoms with E-state index in [9.17, 15) is 4.79 Å². The number of hydrogen-bond acceptors (Lipinski definition) is 7. The van der Waals surface area contributed by atoms with Gasteiger partial charge in [0.25, 0.3) is 5.91 Å². The van der Waals surface area contributed by atoms with Gasteiger partial charge < -0.3 is 20.1 Å². The molecular weight excluding hydrogens is 558 g/mol. The third kappa shape index (κ3) is 6.72. The third-order valence-electron chi connectivity index (χ3n) is 7.30. The maximum atomic E-state index is 14.0. The van der Waals surface area contributed by atoms with Gasteiger partial charge in [-0.05, 0) is 48.1 Å². The Kier molecular flexibility index (Phi) is 9.11. The van der Waals surface area contributed by atoms with E-state index < -0.39 is 6.04 Å². The van der Waals surface area contributed by atoms with Crippen molar-refractivity contribution in [3.8, 4) is 11.5 Å². The molecule has 0 spiro atoms. The van der Waals surface area contributed by atoms with Gasteiger partial charge in [-0.15, -0.1) is 5.10 Å². The Morgan fingerprint density at radius 3 is 2.42 bits per heavy atom. The monoisotopic (exact) mass is 597 g/mol. The minimum atomic E-state index is -0.575. The number of aromatic nitrogens is 3. The van der Waals surface area contributed by atoms with Crippen LogP contribution in [0.5, 0.6) is 11.5 Å². The van der Waals surface area contributed by atoms with Crippen molar-refractivity contribution in [2.45, 2.75) is 64.3 Å². The molecule has 0 bridgehead atoms. The van der Waals surface area contributed by atoms with Gasteiger partial charge in [-0.2, -0.15) is 4.98 Å². The SMILES string of the molecule is CCCSc1nc2n(n1)C(c1ccccc1OCc1ccc(C(C)(C)C)cc1)C(C(=O)Nc1ccccc1OC)=C(C)N2. The Balaban J connectivity index is 1.52. The van der Waals surface area contributed by atoms with E-state index in [0.717, 1.165) is 23.3 Å². The number of benzene rings is 3. The van der Waals surface area contributed by atoms with Crippen LogP contribution in [-0.2, 0) is 16.8 Å². The van der Waals surface area contributed by atoms with Crippen molar-refractivity contribution < 1.29 is 14.3 Å². The summed E-state index contributed by atoms with van der Waals surface area (Å²) >= 11 is 1.59. The molecule has 43 heavy (non-hydrogen) atoms. The summed E-state index contributed by atoms with van der Waals surface area (Å²) in [6.07, 6.45) is 1.00. The normalized spacial score (nSPS) is 14.6. The lowest BCUT2D eigenvalue weighted by atomic mass is 9.87. The Hall–Kier alpha value is -4.24. The highest BCUT2D eigenvalue weighted by atomic mass is 32.2. The van der Waals surface area contributed by atoms with Crippen molar-refractivity contribution in [2.24, 2.45) is 0 Å². The van der Waals surface area contributed by atoms with E-state index in [1.165, 1.54) is 5.56 Å². The van der Waals surface area contributed by atoms with Gasteiger partial charge in [0.05, 0.1) is 18.4 Å². The van der Waals surface area contributed by atoms with Crippen LogP contribution in [0.15, 0.2) is 89.2 Å². The molecule has 0 saturated carbocycles. The van der Waals surface area contributed by atoms with Gasteiger partial charge in [-0.3, -0.25) is 4.79 Å². The van der Waals surface area contributed by atoms with Crippen molar-refractivity contribution in [3.05, 3.63) is 101 Å². The maximum Gasteiger partial charge on any atom is 0.255 e. The number of nitrogens with one attached hydrogen (secondary N) is 2. The molecule has 0 fully saturated rings. The van der Waals surface area contributed by atoms with E-state index in [1.807, 2.05) is 55.5 Å². The zero-order valence-electron chi connectivity index (χ0n) is 25.6. The average molecular weight is 598 g/mol. The number of rotatable bonds is 10. The van der Waals surface area contributed by atoms with E-state index in [2.05, 4.69) is 62.6 Å². The fourth-order valence-corrected chi connectivity index (χ4v) is 5.69. The number of amides is 1. The van der Waals surface area contributed by atoms with Crippen LogP contribution in [0, 0.1) is 0 Å². The Morgan fingerprint density at radius 1 is 1.02 bits per heavy atom. The summed E-state index contributed by atoms with van der Waals surface area (Å²) in [6, 6.07) is 23.1. The number of allylic oxidation sites excluding steroid dienone is 1. The lowest BCUT2D eigenvalue weighted by Gasteiger charge is -2.30. The Labute approximate surface area is 257 Å². The molecule has 4 aromatic rings. The van der Waals surface area contributed by atoms with Gasteiger partial charge in [-0.1, -0.05) is 94.1 Å². The van der Waals surface area contributed by atoms with Crippen LogP contribution in [-0.4, -0.2) is 33.5 Å². The zero-order chi connectivity index (χ0) is 30.6. The van der Waals surface area contributed by atoms with Crippen molar-refractivity contribution in [1.82, 2.24) is 14.8 Å². The first-order valence-electron chi connectivity index (χ1n) is 14.5. The van der Waals surface area contributed by atoms with Crippen molar-refractivity contribution in [1.29, 1.82) is 0 Å². The number of nitrogens with zero attached hydrogens (tertiary/aromatic N) is 3. The van der Waals surface area contributed by atoms with Gasteiger partial charge in [0.2, 0.25) is 11.1 Å². The number of fused-ring (bicyclic) bond motifs is 1. The summed E-state index contributed by atoms with van der Waals surface area (Å²) in [7, 11) is 1.59. The predicted molar refractivity (Wildman–Crippen MR) is 173 cm³/mol. The van der Waals surface area contributed by atoms with E-state index in [1.54, 1.807) is 23.6 Å². The van der Waals surface area contributed by atoms with Crippen molar-refractivity contribution >= 4 is 29.3 Å². The van der Waals surface area contributed by atoms with Crippen LogP contribution in [0.2, 0.25) is 0 Å². The van der Waals surface area contributed by atoms with Crippen molar-refractivity contribution in [3.63, 3.8) is 0 Å². The molecule has 8 nitrogen and oxygen atoms in total. The third-order valence-corrected chi connectivity index (χ3v) is 8.34. The van der Waals surface area contributed by atoms with E-state index in [4.69, 9.17) is 19.6 Å².